The molecule has 2 aliphatic heterocycles. The first-order chi connectivity index (χ1) is 16.6. The first kappa shape index (κ1) is 30.3. The van der Waals surface area contributed by atoms with Crippen molar-refractivity contribution in [3.63, 3.8) is 0 Å². The third kappa shape index (κ3) is 8.85. The first-order valence-corrected chi connectivity index (χ1v) is 12.4. The van der Waals surface area contributed by atoms with Gasteiger partial charge in [-0.15, -0.1) is 0 Å². The van der Waals surface area contributed by atoms with Gasteiger partial charge >= 0.3 is 5.97 Å². The Labute approximate surface area is 205 Å². The summed E-state index contributed by atoms with van der Waals surface area (Å²) in [5, 5.41) is 69.8. The minimum Gasteiger partial charge on any atom is -0.463 e. The molecule has 2 aliphatic rings. The Kier molecular flexibility index (Phi) is 12.7. The molecule has 206 valence electrons. The average Bonchev–Trinajstić information content (AvgIpc) is 2.82. The van der Waals surface area contributed by atoms with Crippen LogP contribution in [0.25, 0.3) is 0 Å². The lowest BCUT2D eigenvalue weighted by molar-refractivity contribution is -0.376. The van der Waals surface area contributed by atoms with E-state index in [1.807, 2.05) is 0 Å². The van der Waals surface area contributed by atoms with Gasteiger partial charge in [0.15, 0.2) is 12.6 Å². The van der Waals surface area contributed by atoms with Crippen molar-refractivity contribution in [2.75, 3.05) is 13.2 Å². The van der Waals surface area contributed by atoms with E-state index in [1.54, 1.807) is 0 Å². The van der Waals surface area contributed by atoms with E-state index in [0.717, 1.165) is 19.3 Å². The molecule has 2 saturated heterocycles. The molecule has 35 heavy (non-hydrogen) atoms. The van der Waals surface area contributed by atoms with Crippen molar-refractivity contribution in [3.8, 4) is 0 Å². The van der Waals surface area contributed by atoms with Crippen LogP contribution in [-0.4, -0.2) is 116 Å². The zero-order valence-electron chi connectivity index (χ0n) is 20.4. The van der Waals surface area contributed by atoms with Crippen LogP contribution in [0.4, 0.5) is 0 Å². The lowest BCUT2D eigenvalue weighted by Gasteiger charge is -2.44. The highest BCUT2D eigenvalue weighted by molar-refractivity contribution is 5.69. The molecule has 0 aliphatic carbocycles. The average molecular weight is 511 g/mol. The van der Waals surface area contributed by atoms with Gasteiger partial charge in [-0.25, -0.2) is 0 Å². The van der Waals surface area contributed by atoms with E-state index >= 15 is 0 Å². The normalized spacial score (nSPS) is 38.0. The van der Waals surface area contributed by atoms with Gasteiger partial charge in [-0.05, 0) is 12.3 Å². The molecule has 2 rings (SSSR count). The van der Waals surface area contributed by atoms with Crippen LogP contribution < -0.4 is 0 Å². The predicted octanol–water partition coefficient (Wildman–Crippen LogP) is -1.46. The van der Waals surface area contributed by atoms with Crippen LogP contribution in [-0.2, 0) is 23.7 Å². The van der Waals surface area contributed by atoms with Crippen LogP contribution in [0.1, 0.15) is 58.8 Å². The van der Waals surface area contributed by atoms with Crippen molar-refractivity contribution in [3.05, 3.63) is 0 Å². The third-order valence-corrected chi connectivity index (χ3v) is 6.36. The van der Waals surface area contributed by atoms with Crippen LogP contribution in [0, 0.1) is 5.92 Å². The SMILES string of the molecule is CC(C)CCCCCCCC(=O)OC[C@H]1O[C@@H](O[C@@H]2O[C@H](CO)[C@@H](O)[C@H](O)[C@H]2O)[C@H](O)[C@@H](O)[C@@H]1O. The molecule has 0 spiro atoms. The summed E-state index contributed by atoms with van der Waals surface area (Å²) >= 11 is 0. The number of hydrogen-bond donors (Lipinski definition) is 7. The number of hydrogen-bond acceptors (Lipinski definition) is 12. The van der Waals surface area contributed by atoms with E-state index in [-0.39, 0.29) is 6.42 Å². The molecule has 0 unspecified atom stereocenters. The molecule has 10 atom stereocenters. The molecule has 0 radical (unpaired) electrons. The number of rotatable bonds is 13. The summed E-state index contributed by atoms with van der Waals surface area (Å²) < 4.78 is 21.2. The highest BCUT2D eigenvalue weighted by Crippen LogP contribution is 2.28. The number of esters is 1. The molecule has 0 aromatic carbocycles. The number of ether oxygens (including phenoxy) is 4. The minimum absolute atomic E-state index is 0.197. The van der Waals surface area contributed by atoms with E-state index in [0.29, 0.717) is 12.3 Å². The highest BCUT2D eigenvalue weighted by atomic mass is 16.8. The monoisotopic (exact) mass is 510 g/mol. The van der Waals surface area contributed by atoms with E-state index in [4.69, 9.17) is 18.9 Å². The minimum atomic E-state index is -1.76. The number of carbonyl (C=O) groups is 1. The maximum atomic E-state index is 12.1. The van der Waals surface area contributed by atoms with E-state index in [1.165, 1.54) is 12.8 Å². The summed E-state index contributed by atoms with van der Waals surface area (Å²) in [6.45, 7) is 3.28. The fraction of sp³-hybridized carbons (Fsp3) is 0.957. The highest BCUT2D eigenvalue weighted by Gasteiger charge is 2.49. The fourth-order valence-corrected chi connectivity index (χ4v) is 4.08. The summed E-state index contributed by atoms with van der Waals surface area (Å²) in [6, 6.07) is 0. The quantitative estimate of drug-likeness (QED) is 0.113. The second kappa shape index (κ2) is 14.7. The van der Waals surface area contributed by atoms with Crippen LogP contribution in [0.3, 0.4) is 0 Å². The Balaban J connectivity index is 1.80. The molecule has 0 amide bonds. The smallest absolute Gasteiger partial charge is 0.305 e. The molecule has 0 bridgehead atoms. The predicted molar refractivity (Wildman–Crippen MR) is 120 cm³/mol. The van der Waals surface area contributed by atoms with Gasteiger partial charge in [-0.2, -0.15) is 0 Å². The fourth-order valence-electron chi connectivity index (χ4n) is 4.08. The van der Waals surface area contributed by atoms with Crippen molar-refractivity contribution in [1.29, 1.82) is 0 Å². The molecule has 2 fully saturated rings. The Hall–Kier alpha value is -0.930. The van der Waals surface area contributed by atoms with Crippen molar-refractivity contribution >= 4 is 5.97 Å². The van der Waals surface area contributed by atoms with Gasteiger partial charge in [0.1, 0.15) is 55.4 Å². The molecule has 0 saturated carbocycles. The lowest BCUT2D eigenvalue weighted by Crippen LogP contribution is -2.63. The molecule has 12 heteroatoms. The van der Waals surface area contributed by atoms with Gasteiger partial charge in [-0.3, -0.25) is 4.79 Å². The van der Waals surface area contributed by atoms with Crippen LogP contribution in [0.5, 0.6) is 0 Å². The topological polar surface area (TPSA) is 196 Å². The van der Waals surface area contributed by atoms with Crippen LogP contribution >= 0.6 is 0 Å². The van der Waals surface area contributed by atoms with Gasteiger partial charge in [0.2, 0.25) is 0 Å². The molecular formula is C23H42O12. The summed E-state index contributed by atoms with van der Waals surface area (Å²) in [6.07, 6.45) is -9.65. The standard InChI is InChI=1S/C23H42O12/c1-12(2)8-6-4-3-5-7-9-15(25)32-11-14-17(27)19(29)21(31)23(34-14)35-22-20(30)18(28)16(26)13(10-24)33-22/h12-14,16-24,26-31H,3-11H2,1-2H3/t13-,14-,16-,17-,18+,19+,20-,21-,22+,23+/m1/s1. The summed E-state index contributed by atoms with van der Waals surface area (Å²) in [5.74, 6) is 0.194. The second-order valence-electron chi connectivity index (χ2n) is 9.73. The lowest BCUT2D eigenvalue weighted by atomic mass is 9.98. The summed E-state index contributed by atoms with van der Waals surface area (Å²) in [4.78, 5) is 12.1. The zero-order chi connectivity index (χ0) is 26.1. The second-order valence-corrected chi connectivity index (χ2v) is 9.73. The van der Waals surface area contributed by atoms with Gasteiger partial charge < -0.3 is 54.7 Å². The van der Waals surface area contributed by atoms with E-state index < -0.39 is 80.6 Å². The largest absolute Gasteiger partial charge is 0.463 e. The van der Waals surface area contributed by atoms with E-state index in [2.05, 4.69) is 13.8 Å². The molecule has 0 aromatic rings. The van der Waals surface area contributed by atoms with Crippen molar-refractivity contribution < 1.29 is 59.5 Å². The van der Waals surface area contributed by atoms with Gasteiger partial charge in [0, 0.05) is 6.42 Å². The third-order valence-electron chi connectivity index (χ3n) is 6.36. The maximum Gasteiger partial charge on any atom is 0.305 e. The molecule has 12 nitrogen and oxygen atoms in total. The van der Waals surface area contributed by atoms with Gasteiger partial charge in [0.05, 0.1) is 6.61 Å². The summed E-state index contributed by atoms with van der Waals surface area (Å²) in [5.41, 5.74) is 0. The Morgan fingerprint density at radius 2 is 1.26 bits per heavy atom. The van der Waals surface area contributed by atoms with Crippen molar-refractivity contribution in [2.45, 2.75) is 120 Å². The molecule has 0 aromatic heterocycles. The van der Waals surface area contributed by atoms with Crippen LogP contribution in [0.2, 0.25) is 0 Å². The van der Waals surface area contributed by atoms with Crippen molar-refractivity contribution in [2.24, 2.45) is 5.92 Å². The van der Waals surface area contributed by atoms with E-state index in [9.17, 15) is 40.5 Å². The van der Waals surface area contributed by atoms with Crippen LogP contribution in [0.15, 0.2) is 0 Å². The molecule has 7 N–H and O–H groups in total. The Morgan fingerprint density at radius 3 is 1.83 bits per heavy atom. The Morgan fingerprint density at radius 1 is 0.743 bits per heavy atom. The first-order valence-electron chi connectivity index (χ1n) is 12.4. The number of unbranched alkanes of at least 4 members (excludes halogenated alkanes) is 4. The van der Waals surface area contributed by atoms with Gasteiger partial charge in [-0.1, -0.05) is 46.0 Å². The Bertz CT molecular complexity index is 617. The number of aliphatic hydroxyl groups is 7. The number of aliphatic hydroxyl groups excluding tert-OH is 7. The zero-order valence-corrected chi connectivity index (χ0v) is 20.4. The van der Waals surface area contributed by atoms with Crippen molar-refractivity contribution in [1.82, 2.24) is 0 Å². The number of carbonyl (C=O) groups excluding carboxylic acids is 1. The molecule has 2 heterocycles. The van der Waals surface area contributed by atoms with Gasteiger partial charge in [0.25, 0.3) is 0 Å². The maximum absolute atomic E-state index is 12.1. The summed E-state index contributed by atoms with van der Waals surface area (Å²) in [7, 11) is 0. The molecular weight excluding hydrogens is 468 g/mol.